The molecular weight excluding hydrogens is 387 g/mol. The van der Waals surface area contributed by atoms with Crippen molar-refractivity contribution in [2.45, 2.75) is 33.4 Å². The van der Waals surface area contributed by atoms with E-state index in [0.717, 1.165) is 25.6 Å². The van der Waals surface area contributed by atoms with Gasteiger partial charge < -0.3 is 15.1 Å². The highest BCUT2D eigenvalue weighted by molar-refractivity contribution is 14.0. The van der Waals surface area contributed by atoms with Crippen molar-refractivity contribution in [2.24, 2.45) is 4.99 Å². The van der Waals surface area contributed by atoms with E-state index in [-0.39, 0.29) is 24.0 Å². The Bertz CT molecular complexity index is 460. The number of nitrogens with zero attached hydrogens (tertiary/aromatic N) is 3. The summed E-state index contributed by atoms with van der Waals surface area (Å²) in [5.41, 5.74) is 2.65. The number of hydrogen-bond donors (Lipinski definition) is 1. The highest BCUT2D eigenvalue weighted by Crippen LogP contribution is 2.09. The van der Waals surface area contributed by atoms with Gasteiger partial charge in [-0.05, 0) is 38.9 Å². The number of hydrogen-bond acceptors (Lipinski definition) is 2. The zero-order valence-electron chi connectivity index (χ0n) is 14.8. The topological polar surface area (TPSA) is 30.9 Å². The van der Waals surface area contributed by atoms with Gasteiger partial charge in [0.05, 0.1) is 0 Å². The Kier molecular flexibility index (Phi) is 10.4. The van der Waals surface area contributed by atoms with Crippen molar-refractivity contribution in [3.05, 3.63) is 35.4 Å². The Balaban J connectivity index is 0.00000441. The third-order valence-corrected chi connectivity index (χ3v) is 3.87. The third-order valence-electron chi connectivity index (χ3n) is 3.87. The molecule has 0 aromatic heterocycles. The maximum Gasteiger partial charge on any atom is 0.193 e. The van der Waals surface area contributed by atoms with Crippen LogP contribution in [-0.4, -0.2) is 56.0 Å². The SMILES string of the molecule is CN=C(NCCN(C)C(C)C)N(C)Cc1ccccc1C.I. The smallest absolute Gasteiger partial charge is 0.193 e. The minimum absolute atomic E-state index is 0. The van der Waals surface area contributed by atoms with Crippen molar-refractivity contribution in [1.29, 1.82) is 0 Å². The molecule has 4 nitrogen and oxygen atoms in total. The highest BCUT2D eigenvalue weighted by atomic mass is 127. The normalized spacial score (nSPS) is 11.5. The van der Waals surface area contributed by atoms with Crippen molar-refractivity contribution in [3.8, 4) is 0 Å². The first kappa shape index (κ1) is 21.2. The lowest BCUT2D eigenvalue weighted by atomic mass is 10.1. The zero-order chi connectivity index (χ0) is 15.8. The quantitative estimate of drug-likeness (QED) is 0.438. The van der Waals surface area contributed by atoms with E-state index in [1.165, 1.54) is 11.1 Å². The van der Waals surface area contributed by atoms with Crippen LogP contribution in [-0.2, 0) is 6.54 Å². The second-order valence-electron chi connectivity index (χ2n) is 5.83. The van der Waals surface area contributed by atoms with Crippen LogP contribution in [0.1, 0.15) is 25.0 Å². The Morgan fingerprint density at radius 1 is 1.23 bits per heavy atom. The average molecular weight is 418 g/mol. The van der Waals surface area contributed by atoms with Crippen LogP contribution in [0.25, 0.3) is 0 Å². The summed E-state index contributed by atoms with van der Waals surface area (Å²) in [6.45, 7) is 9.34. The minimum Gasteiger partial charge on any atom is -0.355 e. The fourth-order valence-electron chi connectivity index (χ4n) is 2.10. The minimum atomic E-state index is 0. The molecule has 0 saturated carbocycles. The third kappa shape index (κ3) is 6.96. The Labute approximate surface area is 153 Å². The molecule has 0 aliphatic carbocycles. The first-order valence-electron chi connectivity index (χ1n) is 7.62. The summed E-state index contributed by atoms with van der Waals surface area (Å²) in [6, 6.07) is 9.05. The summed E-state index contributed by atoms with van der Waals surface area (Å²) in [5.74, 6) is 0.940. The molecule has 1 aromatic rings. The molecule has 1 rings (SSSR count). The summed E-state index contributed by atoms with van der Waals surface area (Å²) in [4.78, 5) is 8.85. The number of guanidine groups is 1. The van der Waals surface area contributed by atoms with Crippen molar-refractivity contribution in [2.75, 3.05) is 34.2 Å². The average Bonchev–Trinajstić information content (AvgIpc) is 2.45. The van der Waals surface area contributed by atoms with Crippen LogP contribution in [0.2, 0.25) is 0 Å². The van der Waals surface area contributed by atoms with E-state index in [0.29, 0.717) is 6.04 Å². The second kappa shape index (κ2) is 10.8. The van der Waals surface area contributed by atoms with Crippen molar-refractivity contribution >= 4 is 29.9 Å². The summed E-state index contributed by atoms with van der Waals surface area (Å²) >= 11 is 0. The summed E-state index contributed by atoms with van der Waals surface area (Å²) in [5, 5.41) is 3.43. The Morgan fingerprint density at radius 3 is 2.41 bits per heavy atom. The lowest BCUT2D eigenvalue weighted by molar-refractivity contribution is 0.277. The van der Waals surface area contributed by atoms with E-state index in [2.05, 4.69) is 79.2 Å². The molecule has 126 valence electrons. The molecule has 0 saturated heterocycles. The van der Waals surface area contributed by atoms with Gasteiger partial charge in [-0.1, -0.05) is 24.3 Å². The fraction of sp³-hybridized carbons (Fsp3) is 0.588. The molecule has 0 unspecified atom stereocenters. The standard InChI is InChI=1S/C17H30N4.HI/c1-14(2)20(5)12-11-19-17(18-4)21(6)13-16-10-8-7-9-15(16)3;/h7-10,14H,11-13H2,1-6H3,(H,18,19);1H. The lowest BCUT2D eigenvalue weighted by Crippen LogP contribution is -2.42. The highest BCUT2D eigenvalue weighted by Gasteiger charge is 2.08. The van der Waals surface area contributed by atoms with Gasteiger partial charge in [0.1, 0.15) is 0 Å². The number of likely N-dealkylation sites (N-methyl/N-ethyl adjacent to an activating group) is 1. The largest absolute Gasteiger partial charge is 0.355 e. The molecule has 0 atom stereocenters. The molecule has 22 heavy (non-hydrogen) atoms. The summed E-state index contributed by atoms with van der Waals surface area (Å²) in [7, 11) is 6.06. The zero-order valence-corrected chi connectivity index (χ0v) is 17.1. The molecule has 0 amide bonds. The number of aliphatic imine (C=N–C) groups is 1. The molecular formula is C17H31IN4. The molecule has 0 spiro atoms. The Hall–Kier alpha value is -0.820. The lowest BCUT2D eigenvalue weighted by Gasteiger charge is -2.25. The van der Waals surface area contributed by atoms with E-state index < -0.39 is 0 Å². The van der Waals surface area contributed by atoms with E-state index in [9.17, 15) is 0 Å². The Morgan fingerprint density at radius 2 is 1.86 bits per heavy atom. The van der Waals surface area contributed by atoms with Gasteiger partial charge in [0.15, 0.2) is 5.96 Å². The molecule has 0 bridgehead atoms. The maximum absolute atomic E-state index is 4.37. The number of benzene rings is 1. The van der Waals surface area contributed by atoms with Gasteiger partial charge in [0, 0.05) is 39.8 Å². The van der Waals surface area contributed by atoms with Crippen LogP contribution in [0.4, 0.5) is 0 Å². The summed E-state index contributed by atoms with van der Waals surface area (Å²) < 4.78 is 0. The molecule has 1 aromatic carbocycles. The van der Waals surface area contributed by atoms with Gasteiger partial charge in [-0.3, -0.25) is 4.99 Å². The monoisotopic (exact) mass is 418 g/mol. The molecule has 5 heteroatoms. The van der Waals surface area contributed by atoms with Crippen LogP contribution >= 0.6 is 24.0 Å². The van der Waals surface area contributed by atoms with Crippen molar-refractivity contribution in [3.63, 3.8) is 0 Å². The van der Waals surface area contributed by atoms with Crippen LogP contribution in [0.5, 0.6) is 0 Å². The van der Waals surface area contributed by atoms with Gasteiger partial charge in [-0.25, -0.2) is 0 Å². The molecule has 0 aliphatic heterocycles. The van der Waals surface area contributed by atoms with Crippen LogP contribution in [0.15, 0.2) is 29.3 Å². The first-order valence-corrected chi connectivity index (χ1v) is 7.62. The van der Waals surface area contributed by atoms with Crippen LogP contribution in [0.3, 0.4) is 0 Å². The molecule has 1 N–H and O–H groups in total. The first-order chi connectivity index (χ1) is 9.95. The van der Waals surface area contributed by atoms with E-state index in [1.807, 2.05) is 7.05 Å². The van der Waals surface area contributed by atoms with Gasteiger partial charge >= 0.3 is 0 Å². The van der Waals surface area contributed by atoms with E-state index in [1.54, 1.807) is 0 Å². The maximum atomic E-state index is 4.37. The van der Waals surface area contributed by atoms with E-state index in [4.69, 9.17) is 0 Å². The van der Waals surface area contributed by atoms with Crippen LogP contribution < -0.4 is 5.32 Å². The van der Waals surface area contributed by atoms with Gasteiger partial charge in [0.25, 0.3) is 0 Å². The second-order valence-corrected chi connectivity index (χ2v) is 5.83. The molecule has 0 aliphatic rings. The van der Waals surface area contributed by atoms with Gasteiger partial charge in [0.2, 0.25) is 0 Å². The van der Waals surface area contributed by atoms with Crippen molar-refractivity contribution in [1.82, 2.24) is 15.1 Å². The molecule has 0 heterocycles. The number of aryl methyl sites for hydroxylation is 1. The van der Waals surface area contributed by atoms with Gasteiger partial charge in [-0.15, -0.1) is 24.0 Å². The fourth-order valence-corrected chi connectivity index (χ4v) is 2.10. The van der Waals surface area contributed by atoms with Crippen molar-refractivity contribution < 1.29 is 0 Å². The molecule has 0 fully saturated rings. The van der Waals surface area contributed by atoms with Crippen LogP contribution in [0, 0.1) is 6.92 Å². The predicted molar refractivity (Wildman–Crippen MR) is 107 cm³/mol. The molecule has 0 radical (unpaired) electrons. The van der Waals surface area contributed by atoms with E-state index >= 15 is 0 Å². The summed E-state index contributed by atoms with van der Waals surface area (Å²) in [6.07, 6.45) is 0. The number of nitrogens with one attached hydrogen (secondary N) is 1. The number of halogens is 1. The predicted octanol–water partition coefficient (Wildman–Crippen LogP) is 2.96. The number of rotatable bonds is 6. The van der Waals surface area contributed by atoms with Gasteiger partial charge in [-0.2, -0.15) is 0 Å².